The normalized spacial score (nSPS) is 14.4. The predicted molar refractivity (Wildman–Crippen MR) is 159 cm³/mol. The highest BCUT2D eigenvalue weighted by atomic mass is 16.4. The third-order valence-electron chi connectivity index (χ3n) is 6.52. The van der Waals surface area contributed by atoms with E-state index in [0.29, 0.717) is 5.56 Å². The molecule has 0 spiro atoms. The number of hydrogen-bond donors (Lipinski definition) is 8. The summed E-state index contributed by atoms with van der Waals surface area (Å²) in [5.41, 5.74) is 6.36. The zero-order chi connectivity index (χ0) is 33.6. The van der Waals surface area contributed by atoms with E-state index in [9.17, 15) is 38.7 Å². The van der Waals surface area contributed by atoms with Gasteiger partial charge in [0.05, 0.1) is 6.04 Å². The molecule has 1 rings (SSSR count). The van der Waals surface area contributed by atoms with Crippen molar-refractivity contribution in [2.24, 2.45) is 17.6 Å². The smallest absolute Gasteiger partial charge is 0.322 e. The molecule has 1 aromatic rings. The van der Waals surface area contributed by atoms with E-state index in [-0.39, 0.29) is 12.8 Å². The molecule has 0 saturated carbocycles. The summed E-state index contributed by atoms with van der Waals surface area (Å²) in [4.78, 5) is 87.0. The van der Waals surface area contributed by atoms with Gasteiger partial charge in [-0.25, -0.2) is 0 Å². The second-order valence-electron chi connectivity index (χ2n) is 11.1. The number of benzene rings is 1. The summed E-state index contributed by atoms with van der Waals surface area (Å²) < 4.78 is 0. The third kappa shape index (κ3) is 13.2. The Morgan fingerprint density at radius 2 is 1.16 bits per heavy atom. The molecular formula is C29H44N6O9. The van der Waals surface area contributed by atoms with Gasteiger partial charge in [-0.2, -0.15) is 0 Å². The Bertz CT molecular complexity index is 1170. The number of aliphatic carboxylic acids is 2. The van der Waals surface area contributed by atoms with Gasteiger partial charge in [0, 0.05) is 12.8 Å². The van der Waals surface area contributed by atoms with Crippen molar-refractivity contribution in [2.45, 2.75) is 84.1 Å². The van der Waals surface area contributed by atoms with Crippen LogP contribution >= 0.6 is 0 Å². The molecule has 5 atom stereocenters. The van der Waals surface area contributed by atoms with Crippen molar-refractivity contribution in [1.82, 2.24) is 26.6 Å². The summed E-state index contributed by atoms with van der Waals surface area (Å²) in [7, 11) is 0. The van der Waals surface area contributed by atoms with Crippen molar-refractivity contribution in [3.05, 3.63) is 35.9 Å². The van der Waals surface area contributed by atoms with Gasteiger partial charge in [0.2, 0.25) is 29.5 Å². The van der Waals surface area contributed by atoms with Crippen LogP contribution in [0.15, 0.2) is 30.3 Å². The average Bonchev–Trinajstić information content (AvgIpc) is 2.94. The Morgan fingerprint density at radius 1 is 0.659 bits per heavy atom. The number of nitrogens with two attached hydrogens (primary N) is 1. The highest BCUT2D eigenvalue weighted by molar-refractivity contribution is 5.96. The fraction of sp³-hybridized carbons (Fsp3) is 0.552. The molecule has 0 radical (unpaired) electrons. The quantitative estimate of drug-likeness (QED) is 0.0983. The van der Waals surface area contributed by atoms with Crippen LogP contribution in [0.3, 0.4) is 0 Å². The summed E-state index contributed by atoms with van der Waals surface area (Å²) in [6.07, 6.45) is -0.771. The number of nitrogens with one attached hydrogen (secondary N) is 5. The molecule has 0 heterocycles. The standard InChI is InChI=1S/C29H44N6O9/c1-15(2)23(28(43)31-14-22(38)39)35-29(44)24(16(3)4)34-26(41)19(11-12-21(36)37)32-27(42)20(33-25(40)17(5)30)13-18-9-7-6-8-10-18/h6-10,15-17,19-20,23-24H,11-14,30H2,1-5H3,(H,31,43)(H,32,42)(H,33,40)(H,34,41)(H,35,44)(H,36,37)(H,38,39)/t17-,19-,20-,23-,24-/m0/s1. The first-order valence-electron chi connectivity index (χ1n) is 14.3. The van der Waals surface area contributed by atoms with Gasteiger partial charge in [0.15, 0.2) is 0 Å². The minimum atomic E-state index is -1.40. The van der Waals surface area contributed by atoms with Crippen molar-refractivity contribution >= 4 is 41.5 Å². The Balaban J connectivity index is 3.19. The Kier molecular flexibility index (Phi) is 15.5. The summed E-state index contributed by atoms with van der Waals surface area (Å²) in [6.45, 7) is 7.33. The number of amides is 5. The molecule has 15 heteroatoms. The van der Waals surface area contributed by atoms with E-state index >= 15 is 0 Å². The number of carboxylic acids is 2. The lowest BCUT2D eigenvalue weighted by Crippen LogP contribution is -2.60. The van der Waals surface area contributed by atoms with Gasteiger partial charge in [-0.3, -0.25) is 33.6 Å². The van der Waals surface area contributed by atoms with Crippen LogP contribution in [0.4, 0.5) is 0 Å². The second-order valence-corrected chi connectivity index (χ2v) is 11.1. The van der Waals surface area contributed by atoms with E-state index in [4.69, 9.17) is 10.8 Å². The average molecular weight is 621 g/mol. The molecule has 0 fully saturated rings. The molecule has 0 aliphatic heterocycles. The minimum absolute atomic E-state index is 0.0515. The maximum atomic E-state index is 13.4. The summed E-state index contributed by atoms with van der Waals surface area (Å²) >= 11 is 0. The van der Waals surface area contributed by atoms with Crippen LogP contribution in [0.2, 0.25) is 0 Å². The van der Waals surface area contributed by atoms with Crippen molar-refractivity contribution in [3.8, 4) is 0 Å². The van der Waals surface area contributed by atoms with Gasteiger partial charge in [-0.05, 0) is 30.7 Å². The van der Waals surface area contributed by atoms with Crippen molar-refractivity contribution in [2.75, 3.05) is 6.54 Å². The highest BCUT2D eigenvalue weighted by Crippen LogP contribution is 2.10. The van der Waals surface area contributed by atoms with Crippen LogP contribution in [-0.4, -0.2) is 88.4 Å². The molecule has 0 bridgehead atoms. The Labute approximate surface area is 256 Å². The van der Waals surface area contributed by atoms with E-state index in [2.05, 4.69) is 26.6 Å². The lowest BCUT2D eigenvalue weighted by atomic mass is 9.99. The fourth-order valence-electron chi connectivity index (χ4n) is 4.01. The molecule has 5 amide bonds. The number of rotatable bonds is 18. The molecule has 0 aromatic heterocycles. The molecule has 0 unspecified atom stereocenters. The minimum Gasteiger partial charge on any atom is -0.481 e. The predicted octanol–water partition coefficient (Wildman–Crippen LogP) is -1.11. The summed E-state index contributed by atoms with van der Waals surface area (Å²) in [6, 6.07) is 2.93. The lowest BCUT2D eigenvalue weighted by molar-refractivity contribution is -0.140. The zero-order valence-electron chi connectivity index (χ0n) is 25.6. The maximum absolute atomic E-state index is 13.4. The second kappa shape index (κ2) is 18.2. The van der Waals surface area contributed by atoms with E-state index in [0.717, 1.165) is 0 Å². The lowest BCUT2D eigenvalue weighted by Gasteiger charge is -2.29. The topological polar surface area (TPSA) is 246 Å². The number of carbonyl (C=O) groups is 7. The first-order valence-corrected chi connectivity index (χ1v) is 14.3. The van der Waals surface area contributed by atoms with Gasteiger partial charge >= 0.3 is 11.9 Å². The fourth-order valence-corrected chi connectivity index (χ4v) is 4.01. The molecule has 0 aliphatic carbocycles. The zero-order valence-corrected chi connectivity index (χ0v) is 25.6. The molecule has 244 valence electrons. The van der Waals surface area contributed by atoms with E-state index in [1.807, 2.05) is 0 Å². The molecule has 0 aliphatic rings. The van der Waals surface area contributed by atoms with Gasteiger partial charge in [0.25, 0.3) is 0 Å². The van der Waals surface area contributed by atoms with Crippen LogP contribution in [0.5, 0.6) is 0 Å². The molecule has 9 N–H and O–H groups in total. The third-order valence-corrected chi connectivity index (χ3v) is 6.52. The van der Waals surface area contributed by atoms with Gasteiger partial charge < -0.3 is 42.5 Å². The first-order chi connectivity index (χ1) is 20.5. The maximum Gasteiger partial charge on any atom is 0.322 e. The van der Waals surface area contributed by atoms with Crippen molar-refractivity contribution < 1.29 is 43.8 Å². The van der Waals surface area contributed by atoms with Crippen LogP contribution in [-0.2, 0) is 40.0 Å². The molecule has 44 heavy (non-hydrogen) atoms. The van der Waals surface area contributed by atoms with E-state index in [1.165, 1.54) is 6.92 Å². The first kappa shape index (κ1) is 37.5. The van der Waals surface area contributed by atoms with Crippen molar-refractivity contribution in [3.63, 3.8) is 0 Å². The van der Waals surface area contributed by atoms with Gasteiger partial charge in [-0.15, -0.1) is 0 Å². The molecule has 1 aromatic carbocycles. The van der Waals surface area contributed by atoms with Gasteiger partial charge in [0.1, 0.15) is 30.7 Å². The number of carboxylic acid groups (broad SMARTS) is 2. The van der Waals surface area contributed by atoms with E-state index < -0.39 is 96.5 Å². The molecule has 0 saturated heterocycles. The highest BCUT2D eigenvalue weighted by Gasteiger charge is 2.34. The van der Waals surface area contributed by atoms with Crippen molar-refractivity contribution in [1.29, 1.82) is 0 Å². The van der Waals surface area contributed by atoms with Crippen LogP contribution in [0, 0.1) is 11.8 Å². The number of hydrogen-bond acceptors (Lipinski definition) is 8. The number of carbonyl (C=O) groups excluding carboxylic acids is 5. The summed E-state index contributed by atoms with van der Waals surface area (Å²) in [5, 5.41) is 30.4. The monoisotopic (exact) mass is 620 g/mol. The van der Waals surface area contributed by atoms with E-state index in [1.54, 1.807) is 58.0 Å². The van der Waals surface area contributed by atoms with Crippen LogP contribution in [0.1, 0.15) is 53.0 Å². The largest absolute Gasteiger partial charge is 0.481 e. The molecule has 15 nitrogen and oxygen atoms in total. The van der Waals surface area contributed by atoms with Crippen LogP contribution < -0.4 is 32.3 Å². The Hall–Kier alpha value is -4.53. The van der Waals surface area contributed by atoms with Crippen LogP contribution in [0.25, 0.3) is 0 Å². The molecular weight excluding hydrogens is 576 g/mol. The Morgan fingerprint density at radius 3 is 1.66 bits per heavy atom. The van der Waals surface area contributed by atoms with Gasteiger partial charge in [-0.1, -0.05) is 58.0 Å². The summed E-state index contributed by atoms with van der Waals surface area (Å²) in [5.74, 6) is -7.16. The SMILES string of the molecule is CC(C)[C@H](NC(=O)[C@H](CCC(=O)O)NC(=O)[C@H](Cc1ccccc1)NC(=O)[C@H](C)N)C(=O)N[C@H](C(=O)NCC(=O)O)C(C)C.